The van der Waals surface area contributed by atoms with Gasteiger partial charge in [-0.15, -0.1) is 0 Å². The fraction of sp³-hybridized carbons (Fsp3) is 0.200. The molecule has 5 heteroatoms. The second kappa shape index (κ2) is 4.42. The number of nitrogens with zero attached hydrogens (tertiary/aromatic N) is 2. The van der Waals surface area contributed by atoms with E-state index in [4.69, 9.17) is 11.0 Å². The van der Waals surface area contributed by atoms with Gasteiger partial charge in [0.25, 0.3) is 0 Å². The molecule has 1 amide bonds. The first-order chi connectivity index (χ1) is 9.60. The van der Waals surface area contributed by atoms with Gasteiger partial charge in [0, 0.05) is 24.8 Å². The van der Waals surface area contributed by atoms with Crippen molar-refractivity contribution in [2.75, 3.05) is 17.7 Å². The van der Waals surface area contributed by atoms with Crippen LogP contribution in [0.15, 0.2) is 24.3 Å². The molecule has 100 valence electrons. The number of nitrogens with one attached hydrogen (secondary N) is 1. The van der Waals surface area contributed by atoms with Crippen LogP contribution in [0.1, 0.15) is 17.5 Å². The Morgan fingerprint density at radius 2 is 2.15 bits per heavy atom. The molecule has 2 heterocycles. The van der Waals surface area contributed by atoms with Crippen molar-refractivity contribution in [2.24, 2.45) is 0 Å². The van der Waals surface area contributed by atoms with E-state index in [2.05, 4.69) is 11.1 Å². The third kappa shape index (κ3) is 1.82. The molecule has 0 fully saturated rings. The van der Waals surface area contributed by atoms with Gasteiger partial charge in [-0.1, -0.05) is 6.07 Å². The van der Waals surface area contributed by atoms with Crippen molar-refractivity contribution in [3.8, 4) is 17.3 Å². The van der Waals surface area contributed by atoms with E-state index in [1.165, 1.54) is 0 Å². The van der Waals surface area contributed by atoms with E-state index in [1.54, 1.807) is 18.0 Å². The van der Waals surface area contributed by atoms with Crippen LogP contribution < -0.4 is 10.6 Å². The molecule has 2 aromatic rings. The van der Waals surface area contributed by atoms with Gasteiger partial charge >= 0.3 is 0 Å². The number of nitriles is 1. The van der Waals surface area contributed by atoms with Crippen LogP contribution in [0.25, 0.3) is 11.3 Å². The maximum absolute atomic E-state index is 11.7. The molecule has 5 nitrogen and oxygen atoms in total. The highest BCUT2D eigenvalue weighted by Crippen LogP contribution is 2.31. The van der Waals surface area contributed by atoms with Crippen molar-refractivity contribution in [2.45, 2.75) is 12.8 Å². The summed E-state index contributed by atoms with van der Waals surface area (Å²) in [5, 5.41) is 8.94. The van der Waals surface area contributed by atoms with Crippen LogP contribution in [0.4, 0.5) is 11.5 Å². The van der Waals surface area contributed by atoms with E-state index in [1.807, 2.05) is 18.2 Å². The van der Waals surface area contributed by atoms with Gasteiger partial charge in [0.05, 0.1) is 5.56 Å². The number of carbonyl (C=O) groups excluding carboxylic acids is 1. The number of carbonyl (C=O) groups is 1. The fourth-order valence-corrected chi connectivity index (χ4v) is 2.54. The first-order valence-electron chi connectivity index (χ1n) is 6.38. The molecule has 0 spiro atoms. The Balaban J connectivity index is 2.05. The van der Waals surface area contributed by atoms with E-state index in [0.717, 1.165) is 28.9 Å². The number of aromatic nitrogens is 1. The number of nitrogen functional groups attached to an aromatic ring is 1. The molecule has 3 N–H and O–H groups in total. The molecule has 0 atom stereocenters. The average molecular weight is 266 g/mol. The second-order valence-corrected chi connectivity index (χ2v) is 4.92. The predicted molar refractivity (Wildman–Crippen MR) is 77.1 cm³/mol. The normalized spacial score (nSPS) is 14.0. The Bertz CT molecular complexity index is 739. The number of aromatic amines is 1. The highest BCUT2D eigenvalue weighted by Gasteiger charge is 2.21. The molecule has 1 aliphatic heterocycles. The van der Waals surface area contributed by atoms with E-state index in [-0.39, 0.29) is 5.91 Å². The number of fused-ring (bicyclic) bond motifs is 1. The Hall–Kier alpha value is -2.74. The van der Waals surface area contributed by atoms with Gasteiger partial charge in [0.15, 0.2) is 0 Å². The number of anilines is 2. The number of hydrogen-bond acceptors (Lipinski definition) is 3. The van der Waals surface area contributed by atoms with E-state index in [9.17, 15) is 4.79 Å². The summed E-state index contributed by atoms with van der Waals surface area (Å²) in [6.45, 7) is 0. The standard InChI is InChI=1S/C15H14N4O/c1-19-13-4-2-9(6-10(13)3-5-14(19)20)12-7-11(8-16)15(17)18-12/h2,4,6-7,18H,3,5,17H2,1H3. The summed E-state index contributed by atoms with van der Waals surface area (Å²) in [4.78, 5) is 16.4. The van der Waals surface area contributed by atoms with Gasteiger partial charge in [0.2, 0.25) is 5.91 Å². The quantitative estimate of drug-likeness (QED) is 0.828. The highest BCUT2D eigenvalue weighted by atomic mass is 16.2. The number of rotatable bonds is 1. The Morgan fingerprint density at radius 1 is 1.35 bits per heavy atom. The van der Waals surface area contributed by atoms with Gasteiger partial charge < -0.3 is 15.6 Å². The molecule has 0 unspecified atom stereocenters. The minimum atomic E-state index is 0.140. The highest BCUT2D eigenvalue weighted by molar-refractivity contribution is 5.96. The van der Waals surface area contributed by atoms with Crippen molar-refractivity contribution >= 4 is 17.4 Å². The van der Waals surface area contributed by atoms with Gasteiger partial charge in [0.1, 0.15) is 11.9 Å². The van der Waals surface area contributed by atoms with Crippen LogP contribution in [0.5, 0.6) is 0 Å². The van der Waals surface area contributed by atoms with Crippen LogP contribution in [0.2, 0.25) is 0 Å². The second-order valence-electron chi connectivity index (χ2n) is 4.92. The van der Waals surface area contributed by atoms with Crippen LogP contribution in [0.3, 0.4) is 0 Å². The maximum Gasteiger partial charge on any atom is 0.227 e. The van der Waals surface area contributed by atoms with Crippen LogP contribution in [0, 0.1) is 11.3 Å². The summed E-state index contributed by atoms with van der Waals surface area (Å²) in [5.41, 5.74) is 10.1. The van der Waals surface area contributed by atoms with Crippen molar-refractivity contribution in [3.63, 3.8) is 0 Å². The van der Waals surface area contributed by atoms with E-state index >= 15 is 0 Å². The summed E-state index contributed by atoms with van der Waals surface area (Å²) in [6.07, 6.45) is 1.27. The van der Waals surface area contributed by atoms with E-state index in [0.29, 0.717) is 17.8 Å². The average Bonchev–Trinajstić information content (AvgIpc) is 2.84. The summed E-state index contributed by atoms with van der Waals surface area (Å²) in [5.74, 6) is 0.522. The number of amides is 1. The Labute approximate surface area is 116 Å². The van der Waals surface area contributed by atoms with Crippen LogP contribution in [-0.4, -0.2) is 17.9 Å². The van der Waals surface area contributed by atoms with Crippen LogP contribution in [-0.2, 0) is 11.2 Å². The summed E-state index contributed by atoms with van der Waals surface area (Å²) in [7, 11) is 1.79. The lowest BCUT2D eigenvalue weighted by Gasteiger charge is -2.26. The number of H-pyrrole nitrogens is 1. The molecule has 1 aromatic heterocycles. The lowest BCUT2D eigenvalue weighted by atomic mass is 9.98. The topological polar surface area (TPSA) is 85.9 Å². The van der Waals surface area contributed by atoms with Gasteiger partial charge in [-0.3, -0.25) is 4.79 Å². The van der Waals surface area contributed by atoms with Gasteiger partial charge in [-0.25, -0.2) is 0 Å². The third-order valence-electron chi connectivity index (χ3n) is 3.70. The monoisotopic (exact) mass is 266 g/mol. The van der Waals surface area contributed by atoms with Crippen LogP contribution >= 0.6 is 0 Å². The molecular weight excluding hydrogens is 252 g/mol. The largest absolute Gasteiger partial charge is 0.384 e. The SMILES string of the molecule is CN1C(=O)CCc2cc(-c3cc(C#N)c(N)[nH]3)ccc21. The third-order valence-corrected chi connectivity index (χ3v) is 3.70. The number of hydrogen-bond donors (Lipinski definition) is 2. The lowest BCUT2D eigenvalue weighted by molar-refractivity contribution is -0.118. The smallest absolute Gasteiger partial charge is 0.227 e. The lowest BCUT2D eigenvalue weighted by Crippen LogP contribution is -2.30. The maximum atomic E-state index is 11.7. The zero-order valence-corrected chi connectivity index (χ0v) is 11.1. The Kier molecular flexibility index (Phi) is 2.72. The van der Waals surface area contributed by atoms with Crippen molar-refractivity contribution in [1.82, 2.24) is 4.98 Å². The van der Waals surface area contributed by atoms with Crippen molar-refractivity contribution in [1.29, 1.82) is 5.26 Å². The molecule has 1 aromatic carbocycles. The molecule has 0 bridgehead atoms. The molecule has 0 saturated heterocycles. The minimum absolute atomic E-state index is 0.140. The number of nitrogens with two attached hydrogens (primary N) is 1. The number of benzene rings is 1. The van der Waals surface area contributed by atoms with Gasteiger partial charge in [-0.05, 0) is 35.7 Å². The summed E-state index contributed by atoms with van der Waals surface area (Å²) < 4.78 is 0. The zero-order valence-electron chi connectivity index (χ0n) is 11.1. The molecule has 1 aliphatic rings. The fourth-order valence-electron chi connectivity index (χ4n) is 2.54. The molecular formula is C15H14N4O. The summed E-state index contributed by atoms with van der Waals surface area (Å²) >= 11 is 0. The predicted octanol–water partition coefficient (Wildman–Crippen LogP) is 2.04. The molecule has 20 heavy (non-hydrogen) atoms. The molecule has 0 saturated carbocycles. The first kappa shape index (κ1) is 12.3. The Morgan fingerprint density at radius 3 is 2.85 bits per heavy atom. The molecule has 3 rings (SSSR count). The first-order valence-corrected chi connectivity index (χ1v) is 6.38. The zero-order chi connectivity index (χ0) is 14.3. The molecule has 0 aliphatic carbocycles. The minimum Gasteiger partial charge on any atom is -0.384 e. The van der Waals surface area contributed by atoms with Crippen molar-refractivity contribution in [3.05, 3.63) is 35.4 Å². The summed E-state index contributed by atoms with van der Waals surface area (Å²) in [6, 6.07) is 9.71. The van der Waals surface area contributed by atoms with Crippen molar-refractivity contribution < 1.29 is 4.79 Å². The molecule has 0 radical (unpaired) electrons. The van der Waals surface area contributed by atoms with E-state index < -0.39 is 0 Å². The van der Waals surface area contributed by atoms with Gasteiger partial charge in [-0.2, -0.15) is 5.26 Å². The number of aryl methyl sites for hydroxylation is 1.